The summed E-state index contributed by atoms with van der Waals surface area (Å²) >= 11 is 14.3. The number of benzene rings is 4. The first-order valence-electron chi connectivity index (χ1n) is 17.9. The number of nitrogens with one attached hydrogen (secondary N) is 2. The van der Waals surface area contributed by atoms with Crippen molar-refractivity contribution in [3.05, 3.63) is 127 Å². The smallest absolute Gasteiger partial charge is 0.360 e. The maximum atomic E-state index is 13.0. The molecular formula is C40H43Cl2IN8O6S2. The van der Waals surface area contributed by atoms with Crippen LogP contribution in [-0.2, 0) is 35.6 Å². The van der Waals surface area contributed by atoms with E-state index in [0.29, 0.717) is 32.8 Å². The van der Waals surface area contributed by atoms with E-state index >= 15 is 0 Å². The number of ether oxygens (including phenoxy) is 1. The quantitative estimate of drug-likeness (QED) is 0.105. The second-order valence-electron chi connectivity index (χ2n) is 15.4. The van der Waals surface area contributed by atoms with Crippen LogP contribution in [0.4, 0.5) is 11.4 Å². The second-order valence-corrected chi connectivity index (χ2v) is 20.6. The summed E-state index contributed by atoms with van der Waals surface area (Å²) < 4.78 is 65.4. The molecule has 2 heterocycles. The average molecular weight is 994 g/mol. The van der Waals surface area contributed by atoms with Crippen molar-refractivity contribution < 1.29 is 26.4 Å². The number of aromatic nitrogens is 6. The molecule has 0 spiro atoms. The molecule has 2 aromatic heterocycles. The molecule has 0 bridgehead atoms. The van der Waals surface area contributed by atoms with Crippen molar-refractivity contribution >= 4 is 83.2 Å². The normalized spacial score (nSPS) is 12.1. The summed E-state index contributed by atoms with van der Waals surface area (Å²) in [7, 11) is -6.43. The number of methoxy groups -OCH3 is 1. The molecular weight excluding hydrogens is 950 g/mol. The van der Waals surface area contributed by atoms with Crippen LogP contribution in [0.5, 0.6) is 0 Å². The van der Waals surface area contributed by atoms with Gasteiger partial charge in [-0.25, -0.2) is 31.0 Å². The fourth-order valence-electron chi connectivity index (χ4n) is 5.59. The highest BCUT2D eigenvalue weighted by Gasteiger charge is 2.24. The zero-order chi connectivity index (χ0) is 43.7. The molecule has 0 saturated heterocycles. The monoisotopic (exact) mass is 992 g/mol. The zero-order valence-electron chi connectivity index (χ0n) is 33.7. The number of nitrogens with zero attached hydrogens (tertiary/aromatic N) is 6. The Morgan fingerprint density at radius 2 is 1.03 bits per heavy atom. The number of anilines is 2. The van der Waals surface area contributed by atoms with Gasteiger partial charge in [-0.1, -0.05) is 99.4 Å². The maximum Gasteiger partial charge on any atom is 0.360 e. The summed E-state index contributed by atoms with van der Waals surface area (Å²) in [4.78, 5) is 12.2. The molecule has 0 atom stereocenters. The van der Waals surface area contributed by atoms with E-state index in [1.807, 2.05) is 19.1 Å². The summed E-state index contributed by atoms with van der Waals surface area (Å²) in [5.74, 6) is -0.646. The molecule has 0 radical (unpaired) electrons. The molecule has 6 aromatic rings. The minimum atomic E-state index is -3.89. The van der Waals surface area contributed by atoms with Gasteiger partial charge in [0.05, 0.1) is 51.0 Å². The number of hydrogen-bond acceptors (Lipinski definition) is 10. The Morgan fingerprint density at radius 3 is 1.39 bits per heavy atom. The molecule has 312 valence electrons. The molecule has 0 aliphatic carbocycles. The lowest BCUT2D eigenvalue weighted by Crippen LogP contribution is -2.16. The first-order chi connectivity index (χ1) is 27.4. The molecule has 0 fully saturated rings. The van der Waals surface area contributed by atoms with Crippen LogP contribution in [0.3, 0.4) is 0 Å². The molecule has 0 saturated carbocycles. The van der Waals surface area contributed by atoms with Gasteiger partial charge in [-0.05, 0) is 119 Å². The van der Waals surface area contributed by atoms with Crippen LogP contribution >= 0.6 is 45.8 Å². The third-order valence-corrected chi connectivity index (χ3v) is 13.3. The summed E-state index contributed by atoms with van der Waals surface area (Å²) in [5.41, 5.74) is 4.55. The van der Waals surface area contributed by atoms with Crippen LogP contribution < -0.4 is 9.44 Å². The van der Waals surface area contributed by atoms with Crippen LogP contribution in [0, 0.1) is 17.5 Å². The number of carbonyl (C=O) groups is 1. The highest BCUT2D eigenvalue weighted by Crippen LogP contribution is 2.31. The van der Waals surface area contributed by atoms with Crippen molar-refractivity contribution in [2.24, 2.45) is 0 Å². The van der Waals surface area contributed by atoms with Crippen molar-refractivity contribution in [3.63, 3.8) is 0 Å². The summed E-state index contributed by atoms with van der Waals surface area (Å²) in [5, 5.41) is 16.8. The van der Waals surface area contributed by atoms with Gasteiger partial charge in [0.2, 0.25) is 0 Å². The number of rotatable bonds is 9. The zero-order valence-corrected chi connectivity index (χ0v) is 39.0. The molecule has 59 heavy (non-hydrogen) atoms. The Labute approximate surface area is 367 Å². The number of sulfonamides is 2. The fourth-order valence-corrected chi connectivity index (χ4v) is 8.40. The highest BCUT2D eigenvalue weighted by molar-refractivity contribution is 14.1. The third kappa shape index (κ3) is 10.6. The molecule has 0 aliphatic heterocycles. The van der Waals surface area contributed by atoms with Crippen LogP contribution in [0.15, 0.2) is 94.7 Å². The number of carbonyl (C=O) groups excluding carboxylic acids is 1. The molecule has 6 rings (SSSR count). The topological polar surface area (TPSA) is 180 Å². The van der Waals surface area contributed by atoms with E-state index in [9.17, 15) is 21.6 Å². The lowest BCUT2D eigenvalue weighted by atomic mass is 9.87. The Balaban J connectivity index is 0.000000225. The Morgan fingerprint density at radius 1 is 0.644 bits per heavy atom. The van der Waals surface area contributed by atoms with Gasteiger partial charge in [0.15, 0.2) is 5.69 Å². The number of esters is 1. The predicted molar refractivity (Wildman–Crippen MR) is 238 cm³/mol. The van der Waals surface area contributed by atoms with Crippen molar-refractivity contribution in [2.75, 3.05) is 16.6 Å². The maximum absolute atomic E-state index is 13.0. The van der Waals surface area contributed by atoms with Gasteiger partial charge in [0.1, 0.15) is 3.70 Å². The highest BCUT2D eigenvalue weighted by atomic mass is 127. The van der Waals surface area contributed by atoms with Gasteiger partial charge >= 0.3 is 5.97 Å². The third-order valence-electron chi connectivity index (χ3n) is 9.04. The SMILES string of the molecule is COC(=O)c1nnn(-c2cc(Cl)ccc2NS(=O)(=O)c2ccc(C(C)(C)C)cc2)c1C.Cc1c(I)nnn1-c1cc(Cl)ccc1NS(=O)(=O)c1ccc(C(C)(C)C)cc1. The first-order valence-corrected chi connectivity index (χ1v) is 22.7. The van der Waals surface area contributed by atoms with Crippen LogP contribution in [-0.4, -0.2) is 59.9 Å². The summed E-state index contributed by atoms with van der Waals surface area (Å²) in [6.45, 7) is 15.9. The van der Waals surface area contributed by atoms with E-state index in [2.05, 4.69) is 94.2 Å². The van der Waals surface area contributed by atoms with Crippen LogP contribution in [0.2, 0.25) is 10.0 Å². The summed E-state index contributed by atoms with van der Waals surface area (Å²) in [6.07, 6.45) is 0. The Kier molecular flexibility index (Phi) is 13.6. The van der Waals surface area contributed by atoms with Crippen molar-refractivity contribution in [1.82, 2.24) is 30.0 Å². The first kappa shape index (κ1) is 45.5. The van der Waals surface area contributed by atoms with Gasteiger partial charge in [0.25, 0.3) is 20.0 Å². The molecule has 19 heteroatoms. The van der Waals surface area contributed by atoms with Gasteiger partial charge in [0, 0.05) is 10.0 Å². The van der Waals surface area contributed by atoms with Crippen LogP contribution in [0.1, 0.15) is 74.5 Å². The molecule has 4 aromatic carbocycles. The van der Waals surface area contributed by atoms with E-state index in [0.717, 1.165) is 20.5 Å². The Hall–Kier alpha value is -4.56. The van der Waals surface area contributed by atoms with E-state index in [1.165, 1.54) is 23.9 Å². The summed E-state index contributed by atoms with van der Waals surface area (Å²) in [6, 6.07) is 23.1. The van der Waals surface area contributed by atoms with Gasteiger partial charge < -0.3 is 4.74 Å². The number of halogens is 3. The molecule has 0 aliphatic rings. The van der Waals surface area contributed by atoms with Gasteiger partial charge in [-0.3, -0.25) is 9.44 Å². The standard InChI is InChI=1S/C21H23ClN4O4S.C19H20ClIN4O2S/c1-13-19(20(27)30-5)23-25-26(13)18-12-15(22)8-11-17(18)24-31(28,29)16-9-6-14(7-10-16)21(2,3)4;1-12-18(21)22-24-25(12)17-11-14(20)7-10-16(17)23-28(26,27)15-8-5-13(6-9-15)19(2,3)4/h6-12,24H,1-5H3;5-11,23H,1-4H3. The molecule has 2 N–H and O–H groups in total. The number of hydrogen-bond donors (Lipinski definition) is 2. The van der Waals surface area contributed by atoms with E-state index < -0.39 is 26.0 Å². The molecule has 0 unspecified atom stereocenters. The minimum absolute atomic E-state index is 0.0223. The van der Waals surface area contributed by atoms with Crippen molar-refractivity contribution in [1.29, 1.82) is 0 Å². The van der Waals surface area contributed by atoms with E-state index in [4.69, 9.17) is 27.9 Å². The van der Waals surface area contributed by atoms with Crippen molar-refractivity contribution in [3.8, 4) is 11.4 Å². The lowest BCUT2D eigenvalue weighted by Gasteiger charge is -2.19. The second kappa shape index (κ2) is 17.6. The fraction of sp³-hybridized carbons (Fsp3) is 0.275. The van der Waals surface area contributed by atoms with Gasteiger partial charge in [-0.15, -0.1) is 10.2 Å². The van der Waals surface area contributed by atoms with Crippen LogP contribution in [0.25, 0.3) is 11.4 Å². The van der Waals surface area contributed by atoms with E-state index in [-0.39, 0.29) is 32.0 Å². The van der Waals surface area contributed by atoms with E-state index in [1.54, 1.807) is 72.3 Å². The minimum Gasteiger partial charge on any atom is -0.464 e. The Bertz CT molecular complexity index is 2730. The predicted octanol–water partition coefficient (Wildman–Crippen LogP) is 9.05. The molecule has 0 amide bonds. The van der Waals surface area contributed by atoms with Gasteiger partial charge in [-0.2, -0.15) is 0 Å². The average Bonchev–Trinajstić information content (AvgIpc) is 3.72. The largest absolute Gasteiger partial charge is 0.464 e. The molecule has 14 nitrogen and oxygen atoms in total. The lowest BCUT2D eigenvalue weighted by molar-refractivity contribution is 0.0593. The van der Waals surface area contributed by atoms with Crippen molar-refractivity contribution in [2.45, 2.75) is 76.0 Å².